The second-order valence-corrected chi connectivity index (χ2v) is 10.4. The third kappa shape index (κ3) is 4.50. The zero-order valence-corrected chi connectivity index (χ0v) is 21.8. The van der Waals surface area contributed by atoms with Crippen molar-refractivity contribution in [1.82, 2.24) is 4.57 Å². The molecule has 0 bridgehead atoms. The van der Waals surface area contributed by atoms with E-state index in [-0.39, 0.29) is 0 Å². The Morgan fingerprint density at radius 2 is 1.69 bits per heavy atom. The van der Waals surface area contributed by atoms with Gasteiger partial charge in [-0.15, -0.1) is 0 Å². The fourth-order valence-electron chi connectivity index (χ4n) is 5.59. The van der Waals surface area contributed by atoms with Gasteiger partial charge in [-0.2, -0.15) is 0 Å². The van der Waals surface area contributed by atoms with Crippen LogP contribution in [-0.2, 0) is 6.42 Å². The summed E-state index contributed by atoms with van der Waals surface area (Å²) in [5, 5.41) is 2.12. The van der Waals surface area contributed by atoms with Gasteiger partial charge in [-0.25, -0.2) is 0 Å². The normalized spacial score (nSPS) is 16.1. The van der Waals surface area contributed by atoms with Crippen LogP contribution in [0.5, 0.6) is 0 Å². The molecule has 5 rings (SSSR count). The van der Waals surface area contributed by atoms with Crippen molar-refractivity contribution in [3.05, 3.63) is 101 Å². The zero-order valence-electron chi connectivity index (χ0n) is 21.0. The zero-order chi connectivity index (χ0) is 24.5. The number of rotatable bonds is 7. The smallest absolute Gasteiger partial charge is 0.0491 e. The van der Waals surface area contributed by atoms with Crippen LogP contribution >= 0.6 is 11.6 Å². The second kappa shape index (κ2) is 9.91. The van der Waals surface area contributed by atoms with Gasteiger partial charge in [0.15, 0.2) is 0 Å². The minimum atomic E-state index is 0.467. The predicted octanol–water partition coefficient (Wildman–Crippen LogP) is 10.1. The Bertz CT molecular complexity index is 1390. The highest BCUT2D eigenvalue weighted by molar-refractivity contribution is 6.30. The Balaban J connectivity index is 1.69. The molecule has 2 atom stereocenters. The van der Waals surface area contributed by atoms with Crippen molar-refractivity contribution in [1.29, 1.82) is 0 Å². The molecule has 2 unspecified atom stereocenters. The van der Waals surface area contributed by atoms with E-state index in [1.54, 1.807) is 0 Å². The van der Waals surface area contributed by atoms with Crippen molar-refractivity contribution < 1.29 is 0 Å². The summed E-state index contributed by atoms with van der Waals surface area (Å²) in [6.45, 7) is 10.9. The van der Waals surface area contributed by atoms with Crippen molar-refractivity contribution in [2.75, 3.05) is 0 Å². The molecule has 0 radical (unpaired) electrons. The van der Waals surface area contributed by atoms with E-state index in [0.717, 1.165) is 17.0 Å². The molecule has 0 fully saturated rings. The minimum Gasteiger partial charge on any atom is -0.341 e. The molecule has 178 valence electrons. The Kier molecular flexibility index (Phi) is 6.71. The molecule has 0 amide bonds. The van der Waals surface area contributed by atoms with E-state index >= 15 is 0 Å². The molecule has 0 saturated carbocycles. The lowest BCUT2D eigenvalue weighted by atomic mass is 9.83. The molecule has 0 saturated heterocycles. The first-order chi connectivity index (χ1) is 17.0. The molecule has 0 spiro atoms. The topological polar surface area (TPSA) is 4.93 Å². The number of benzene rings is 3. The third-order valence-electron chi connectivity index (χ3n) is 7.55. The van der Waals surface area contributed by atoms with Gasteiger partial charge in [0.05, 0.1) is 0 Å². The highest BCUT2D eigenvalue weighted by Crippen LogP contribution is 2.42. The molecular formula is C33H34ClN. The Morgan fingerprint density at radius 3 is 2.37 bits per heavy atom. The van der Waals surface area contributed by atoms with Crippen molar-refractivity contribution in [3.8, 4) is 11.1 Å². The average Bonchev–Trinajstić information content (AvgIpc) is 3.19. The summed E-state index contributed by atoms with van der Waals surface area (Å²) < 4.78 is 2.64. The average molecular weight is 480 g/mol. The van der Waals surface area contributed by atoms with E-state index in [1.165, 1.54) is 63.7 Å². The highest BCUT2D eigenvalue weighted by atomic mass is 35.5. The third-order valence-corrected chi connectivity index (χ3v) is 7.80. The number of aromatic nitrogens is 1. The van der Waals surface area contributed by atoms with Gasteiger partial charge >= 0.3 is 0 Å². The molecular weight excluding hydrogens is 446 g/mol. The molecule has 1 nitrogen and oxygen atoms in total. The summed E-state index contributed by atoms with van der Waals surface area (Å²) in [6.07, 6.45) is 9.12. The fourth-order valence-corrected chi connectivity index (χ4v) is 5.72. The van der Waals surface area contributed by atoms with Gasteiger partial charge in [0.1, 0.15) is 0 Å². The minimum absolute atomic E-state index is 0.467. The lowest BCUT2D eigenvalue weighted by molar-refractivity contribution is 0.478. The monoisotopic (exact) mass is 479 g/mol. The summed E-state index contributed by atoms with van der Waals surface area (Å²) in [6, 6.07) is 24.5. The van der Waals surface area contributed by atoms with Gasteiger partial charge in [0, 0.05) is 33.2 Å². The molecule has 4 aromatic rings. The fraction of sp³-hybridized carbons (Fsp3) is 0.273. The van der Waals surface area contributed by atoms with Crippen LogP contribution in [0.2, 0.25) is 5.02 Å². The van der Waals surface area contributed by atoms with Crippen molar-refractivity contribution in [2.24, 2.45) is 5.92 Å². The molecule has 3 aromatic carbocycles. The Labute approximate surface area is 214 Å². The molecule has 1 aliphatic rings. The SMILES string of the molecule is C=Cc1ccc(C2=Cc3c(n(C(C)CCCC)c4ccc(-c5ccc(Cl)cc5)cc34)CC2C)cc1. The predicted molar refractivity (Wildman–Crippen MR) is 154 cm³/mol. The van der Waals surface area contributed by atoms with Crippen LogP contribution in [0.4, 0.5) is 0 Å². The number of hydrogen-bond acceptors (Lipinski definition) is 0. The van der Waals surface area contributed by atoms with Gasteiger partial charge in [0.2, 0.25) is 0 Å². The maximum Gasteiger partial charge on any atom is 0.0491 e. The van der Waals surface area contributed by atoms with Crippen LogP contribution < -0.4 is 0 Å². The van der Waals surface area contributed by atoms with Gasteiger partial charge < -0.3 is 4.57 Å². The summed E-state index contributed by atoms with van der Waals surface area (Å²) in [5.74, 6) is 0.467. The number of allylic oxidation sites excluding steroid dienone is 1. The number of nitrogens with zero attached hydrogens (tertiary/aromatic N) is 1. The van der Waals surface area contributed by atoms with Crippen LogP contribution in [0.25, 0.3) is 39.8 Å². The van der Waals surface area contributed by atoms with Gasteiger partial charge in [-0.1, -0.05) is 93.4 Å². The molecule has 1 aliphatic carbocycles. The summed E-state index contributed by atoms with van der Waals surface area (Å²) in [4.78, 5) is 0. The van der Waals surface area contributed by atoms with Crippen molar-refractivity contribution >= 4 is 40.2 Å². The highest BCUT2D eigenvalue weighted by Gasteiger charge is 2.27. The lowest BCUT2D eigenvalue weighted by Gasteiger charge is -2.26. The number of unbranched alkanes of at least 4 members (excludes halogenated alkanes) is 1. The largest absolute Gasteiger partial charge is 0.341 e. The van der Waals surface area contributed by atoms with Crippen LogP contribution in [0.15, 0.2) is 73.3 Å². The lowest BCUT2D eigenvalue weighted by Crippen LogP contribution is -2.15. The van der Waals surface area contributed by atoms with E-state index in [0.29, 0.717) is 12.0 Å². The van der Waals surface area contributed by atoms with Crippen LogP contribution in [0, 0.1) is 5.92 Å². The van der Waals surface area contributed by atoms with E-state index in [1.807, 2.05) is 18.2 Å². The molecule has 0 N–H and O–H groups in total. The quantitative estimate of drug-likeness (QED) is 0.248. The van der Waals surface area contributed by atoms with Gasteiger partial charge in [-0.05, 0) is 83.9 Å². The number of halogens is 1. The molecule has 1 heterocycles. The molecule has 0 aliphatic heterocycles. The van der Waals surface area contributed by atoms with E-state index in [2.05, 4.69) is 92.6 Å². The van der Waals surface area contributed by atoms with Gasteiger partial charge in [0.25, 0.3) is 0 Å². The van der Waals surface area contributed by atoms with E-state index in [9.17, 15) is 0 Å². The maximum atomic E-state index is 6.16. The van der Waals surface area contributed by atoms with Gasteiger partial charge in [-0.3, -0.25) is 0 Å². The second-order valence-electron chi connectivity index (χ2n) is 9.99. The first-order valence-electron chi connectivity index (χ1n) is 12.9. The molecule has 35 heavy (non-hydrogen) atoms. The van der Waals surface area contributed by atoms with E-state index < -0.39 is 0 Å². The first-order valence-corrected chi connectivity index (χ1v) is 13.2. The number of hydrogen-bond donors (Lipinski definition) is 0. The standard InChI is InChI=1S/C33H34ClN/c1-5-7-8-23(4)35-32-18-15-27(25-13-16-28(34)17-14-25)20-30(32)31-21-29(22(3)19-33(31)35)26-11-9-24(6-2)10-12-26/h6,9-18,20-23H,2,5,7-8,19H2,1,3-4H3. The van der Waals surface area contributed by atoms with Crippen molar-refractivity contribution in [2.45, 2.75) is 52.5 Å². The molecule has 1 aromatic heterocycles. The summed E-state index contributed by atoms with van der Waals surface area (Å²) in [5.41, 5.74) is 10.5. The van der Waals surface area contributed by atoms with Crippen LogP contribution in [0.1, 0.15) is 68.5 Å². The number of fused-ring (bicyclic) bond motifs is 3. The Hall–Kier alpha value is -3.03. The van der Waals surface area contributed by atoms with Crippen LogP contribution in [-0.4, -0.2) is 4.57 Å². The van der Waals surface area contributed by atoms with E-state index in [4.69, 9.17) is 11.6 Å². The Morgan fingerprint density at radius 1 is 1.00 bits per heavy atom. The summed E-state index contributed by atoms with van der Waals surface area (Å²) >= 11 is 6.16. The first kappa shape index (κ1) is 23.7. The van der Waals surface area contributed by atoms with Crippen LogP contribution in [0.3, 0.4) is 0 Å². The summed E-state index contributed by atoms with van der Waals surface area (Å²) in [7, 11) is 0. The van der Waals surface area contributed by atoms with Crippen molar-refractivity contribution in [3.63, 3.8) is 0 Å². The maximum absolute atomic E-state index is 6.16. The molecule has 2 heteroatoms.